The van der Waals surface area contributed by atoms with Crippen LogP contribution in [-0.4, -0.2) is 50.8 Å². The lowest BCUT2D eigenvalue weighted by Gasteiger charge is -2.27. The van der Waals surface area contributed by atoms with E-state index in [1.54, 1.807) is 6.20 Å². The molecule has 0 aromatic carbocycles. The Hall–Kier alpha value is -1.66. The normalized spacial score (nSPS) is 16.8. The molecular weight excluding hydrogens is 256 g/mol. The molecule has 1 aromatic heterocycles. The number of pyridine rings is 1. The van der Waals surface area contributed by atoms with E-state index in [0.717, 1.165) is 37.8 Å². The van der Waals surface area contributed by atoms with Gasteiger partial charge in [-0.3, -0.25) is 4.79 Å². The van der Waals surface area contributed by atoms with Gasteiger partial charge in [0.25, 0.3) is 0 Å². The van der Waals surface area contributed by atoms with Crippen LogP contribution in [0.3, 0.4) is 0 Å². The molecule has 1 unspecified atom stereocenters. The van der Waals surface area contributed by atoms with Crippen LogP contribution in [0.4, 0.5) is 11.5 Å². The lowest BCUT2D eigenvalue weighted by atomic mass is 10.1. The average Bonchev–Trinajstić information content (AvgIpc) is 2.49. The van der Waals surface area contributed by atoms with Gasteiger partial charge in [-0.25, -0.2) is 4.98 Å². The Morgan fingerprint density at radius 1 is 1.45 bits per heavy atom. The summed E-state index contributed by atoms with van der Waals surface area (Å²) in [6, 6.07) is 3.82. The summed E-state index contributed by atoms with van der Waals surface area (Å²) in [4.78, 5) is 18.5. The minimum atomic E-state index is -0.0704. The number of carbonyl (C=O) groups excluding carboxylic acids is 1. The summed E-state index contributed by atoms with van der Waals surface area (Å²) in [5.74, 6) is 0.855. The second kappa shape index (κ2) is 7.21. The molecule has 0 spiro atoms. The third-order valence-corrected chi connectivity index (χ3v) is 3.31. The lowest BCUT2D eigenvalue weighted by Crippen LogP contribution is -2.36. The van der Waals surface area contributed by atoms with Crippen molar-refractivity contribution in [3.63, 3.8) is 0 Å². The first-order valence-electron chi connectivity index (χ1n) is 6.95. The molecule has 1 fully saturated rings. The topological polar surface area (TPSA) is 66.5 Å². The molecule has 2 heterocycles. The first-order chi connectivity index (χ1) is 9.70. The van der Waals surface area contributed by atoms with Crippen LogP contribution in [0.1, 0.15) is 6.92 Å². The fourth-order valence-corrected chi connectivity index (χ4v) is 2.10. The van der Waals surface area contributed by atoms with E-state index in [9.17, 15) is 4.79 Å². The van der Waals surface area contributed by atoms with E-state index in [0.29, 0.717) is 6.54 Å². The van der Waals surface area contributed by atoms with E-state index < -0.39 is 0 Å². The van der Waals surface area contributed by atoms with Crippen LogP contribution in [0.2, 0.25) is 0 Å². The summed E-state index contributed by atoms with van der Waals surface area (Å²) in [5.41, 5.74) is 0.731. The summed E-state index contributed by atoms with van der Waals surface area (Å²) in [7, 11) is 1.84. The van der Waals surface area contributed by atoms with Crippen molar-refractivity contribution in [1.82, 2.24) is 10.3 Å². The van der Waals surface area contributed by atoms with Crippen molar-refractivity contribution >= 4 is 17.4 Å². The van der Waals surface area contributed by atoms with Crippen molar-refractivity contribution in [3.8, 4) is 0 Å². The van der Waals surface area contributed by atoms with Crippen molar-refractivity contribution in [3.05, 3.63) is 18.3 Å². The molecule has 0 saturated carbocycles. The van der Waals surface area contributed by atoms with Crippen molar-refractivity contribution in [1.29, 1.82) is 0 Å². The van der Waals surface area contributed by atoms with Crippen LogP contribution >= 0.6 is 0 Å². The Bertz CT molecular complexity index is 429. The van der Waals surface area contributed by atoms with Gasteiger partial charge in [-0.2, -0.15) is 0 Å². The third-order valence-electron chi connectivity index (χ3n) is 3.31. The number of nitrogens with one attached hydrogen (secondary N) is 2. The first-order valence-corrected chi connectivity index (χ1v) is 6.95. The number of hydrogen-bond acceptors (Lipinski definition) is 5. The molecule has 1 saturated heterocycles. The molecule has 1 aromatic rings. The van der Waals surface area contributed by atoms with E-state index >= 15 is 0 Å². The zero-order valence-corrected chi connectivity index (χ0v) is 12.1. The van der Waals surface area contributed by atoms with Gasteiger partial charge >= 0.3 is 0 Å². The molecule has 1 aliphatic heterocycles. The summed E-state index contributed by atoms with van der Waals surface area (Å²) in [5, 5.41) is 5.86. The highest BCUT2D eigenvalue weighted by molar-refractivity contribution is 5.92. The van der Waals surface area contributed by atoms with Crippen LogP contribution in [0, 0.1) is 5.92 Å². The Morgan fingerprint density at radius 2 is 2.20 bits per heavy atom. The van der Waals surface area contributed by atoms with Gasteiger partial charge in [0.05, 0.1) is 25.1 Å². The maximum atomic E-state index is 11.9. The predicted octanol–water partition coefficient (Wildman–Crippen LogP) is 0.712. The molecule has 1 amide bonds. The summed E-state index contributed by atoms with van der Waals surface area (Å²) in [6.45, 7) is 5.74. The Labute approximate surface area is 119 Å². The summed E-state index contributed by atoms with van der Waals surface area (Å²) < 4.78 is 5.31. The van der Waals surface area contributed by atoms with E-state index in [2.05, 4.69) is 20.5 Å². The number of morpholine rings is 1. The second-order valence-electron chi connectivity index (χ2n) is 4.95. The van der Waals surface area contributed by atoms with Crippen LogP contribution in [-0.2, 0) is 9.53 Å². The van der Waals surface area contributed by atoms with Crippen molar-refractivity contribution in [2.24, 2.45) is 5.92 Å². The lowest BCUT2D eigenvalue weighted by molar-refractivity contribution is -0.119. The zero-order chi connectivity index (χ0) is 14.4. The van der Waals surface area contributed by atoms with E-state index in [-0.39, 0.29) is 11.8 Å². The molecule has 0 bridgehead atoms. The number of amides is 1. The van der Waals surface area contributed by atoms with Gasteiger partial charge in [0, 0.05) is 25.6 Å². The summed E-state index contributed by atoms with van der Waals surface area (Å²) >= 11 is 0. The molecule has 1 atom stereocenters. The van der Waals surface area contributed by atoms with E-state index in [1.165, 1.54) is 0 Å². The largest absolute Gasteiger partial charge is 0.378 e. The van der Waals surface area contributed by atoms with Gasteiger partial charge < -0.3 is 20.3 Å². The molecule has 2 N–H and O–H groups in total. The summed E-state index contributed by atoms with van der Waals surface area (Å²) in [6.07, 6.45) is 1.70. The number of ether oxygens (including phenoxy) is 1. The Balaban J connectivity index is 1.92. The van der Waals surface area contributed by atoms with Gasteiger partial charge in [-0.05, 0) is 19.2 Å². The zero-order valence-electron chi connectivity index (χ0n) is 12.1. The molecule has 6 heteroatoms. The third kappa shape index (κ3) is 3.91. The molecule has 20 heavy (non-hydrogen) atoms. The van der Waals surface area contributed by atoms with Gasteiger partial charge in [-0.1, -0.05) is 6.92 Å². The molecule has 2 rings (SSSR count). The molecule has 0 radical (unpaired) electrons. The monoisotopic (exact) mass is 278 g/mol. The number of carbonyl (C=O) groups is 1. The number of aromatic nitrogens is 1. The quantitative estimate of drug-likeness (QED) is 0.830. The first kappa shape index (κ1) is 14.7. The van der Waals surface area contributed by atoms with Gasteiger partial charge in [0.15, 0.2) is 0 Å². The number of rotatable bonds is 5. The standard InChI is InChI=1S/C14H22N4O2/c1-11(9-15-2)14(19)17-12-3-4-13(16-10-12)18-5-7-20-8-6-18/h3-4,10-11,15H,5-9H2,1-2H3,(H,17,19). The highest BCUT2D eigenvalue weighted by Gasteiger charge is 2.14. The van der Waals surface area contributed by atoms with Crippen LogP contribution in [0.15, 0.2) is 18.3 Å². The fraction of sp³-hybridized carbons (Fsp3) is 0.571. The average molecular weight is 278 g/mol. The molecule has 6 nitrogen and oxygen atoms in total. The minimum absolute atomic E-state index is 0.000252. The van der Waals surface area contributed by atoms with Crippen LogP contribution in [0.5, 0.6) is 0 Å². The smallest absolute Gasteiger partial charge is 0.228 e. The maximum Gasteiger partial charge on any atom is 0.228 e. The van der Waals surface area contributed by atoms with E-state index in [4.69, 9.17) is 4.74 Å². The maximum absolute atomic E-state index is 11.9. The number of hydrogen-bond donors (Lipinski definition) is 2. The molecular formula is C14H22N4O2. The number of nitrogens with zero attached hydrogens (tertiary/aromatic N) is 2. The van der Waals surface area contributed by atoms with Crippen LogP contribution < -0.4 is 15.5 Å². The second-order valence-corrected chi connectivity index (χ2v) is 4.95. The highest BCUT2D eigenvalue weighted by Crippen LogP contribution is 2.15. The van der Waals surface area contributed by atoms with Gasteiger partial charge in [-0.15, -0.1) is 0 Å². The Kier molecular flexibility index (Phi) is 5.31. The van der Waals surface area contributed by atoms with E-state index in [1.807, 2.05) is 26.1 Å². The highest BCUT2D eigenvalue weighted by atomic mass is 16.5. The minimum Gasteiger partial charge on any atom is -0.378 e. The van der Waals surface area contributed by atoms with Crippen molar-refractivity contribution in [2.75, 3.05) is 50.1 Å². The van der Waals surface area contributed by atoms with Crippen molar-refractivity contribution in [2.45, 2.75) is 6.92 Å². The van der Waals surface area contributed by atoms with Crippen molar-refractivity contribution < 1.29 is 9.53 Å². The predicted molar refractivity (Wildman–Crippen MR) is 79.0 cm³/mol. The fourth-order valence-electron chi connectivity index (χ4n) is 2.10. The Morgan fingerprint density at radius 3 is 2.80 bits per heavy atom. The van der Waals surface area contributed by atoms with Gasteiger partial charge in [0.2, 0.25) is 5.91 Å². The van der Waals surface area contributed by atoms with Crippen LogP contribution in [0.25, 0.3) is 0 Å². The SMILES string of the molecule is CNCC(C)C(=O)Nc1ccc(N2CCOCC2)nc1. The molecule has 1 aliphatic rings. The molecule has 0 aliphatic carbocycles. The van der Waals surface area contributed by atoms with Gasteiger partial charge in [0.1, 0.15) is 5.82 Å². The molecule has 110 valence electrons. The number of anilines is 2.